The van der Waals surface area contributed by atoms with Gasteiger partial charge in [0.25, 0.3) is 0 Å². The van der Waals surface area contributed by atoms with Crippen molar-refractivity contribution in [1.29, 1.82) is 0 Å². The number of nitrogens with zero attached hydrogens (tertiary/aromatic N) is 20. The van der Waals surface area contributed by atoms with E-state index in [9.17, 15) is 109 Å². The van der Waals surface area contributed by atoms with Gasteiger partial charge in [0.2, 0.25) is 10.0 Å². The summed E-state index contributed by atoms with van der Waals surface area (Å²) in [5.41, 5.74) is -2.40. The van der Waals surface area contributed by atoms with Crippen molar-refractivity contribution in [2.75, 3.05) is 30.1 Å². The van der Waals surface area contributed by atoms with Gasteiger partial charge >= 0.3 is 30.0 Å². The molecule has 0 radical (unpaired) electrons. The fourth-order valence-electron chi connectivity index (χ4n) is 14.4. The lowest BCUT2D eigenvalue weighted by atomic mass is 10.1. The van der Waals surface area contributed by atoms with Crippen LogP contribution in [-0.4, -0.2) is 184 Å². The Morgan fingerprint density at radius 1 is 0.430 bits per heavy atom. The molecule has 0 amide bonds. The second kappa shape index (κ2) is 34.9. The first-order valence-corrected chi connectivity index (χ1v) is 50.2. The number of carbonyl (C=O) groups excluding carboxylic acids is 2. The minimum atomic E-state index is -4.68. The number of aryl methyl sites for hydroxylation is 4. The van der Waals surface area contributed by atoms with Gasteiger partial charge < -0.3 is 23.0 Å². The standard InChI is InChI=1S/C21H19F4N5O2S.C21H18F3N5O3S2.C20H19F3N6O4S2.C19H16F3N5O4S2/c1-3-33(31,32)20-17(28-15-8-12(6-7-30(15)20)16(22)11-4-5-11)19-27-14-9-13(21(23,24)25)10-26-18(14)29(19)2;1-3-34(31,32)19-17(18-26-13-9-15(21(22,23)24)25-10-14(13)28(18)2)27-16-8-12(6-7-29(16)19)33-20(30)11-4-5-11;1-3-34(30,31)19-17(18-25-13-9-15(20(21,22)23)24-10-14(13)28(18)2)26-16-8-12(6-7-29(16)19)35(32,33)27-11-4-5-11;1-4-33(29,30)17-15(25-14-7-10(5-6-27(14)17)32-18(28)31-3)16-24-11-8-13(19(20,21)22)23-9-12(11)26(16)2/h6-11,16H,3-5H2,1-2H3;6-11H,3-5H2,1-2H3;6-11,27H,3-5H2,1-2H3;5-9H,4H2,1-3H3. The van der Waals surface area contributed by atoms with E-state index in [1.54, 1.807) is 19.2 Å². The molecule has 0 spiro atoms. The lowest BCUT2D eigenvalue weighted by Crippen LogP contribution is -2.25. The van der Waals surface area contributed by atoms with E-state index in [2.05, 4.69) is 69.3 Å². The Bertz CT molecular complexity index is 8180. The van der Waals surface area contributed by atoms with Crippen LogP contribution in [0, 0.1) is 11.8 Å². The average molecular weight is 2020 g/mol. The number of nitrogens with one attached hydrogen (secondary N) is 1. The Balaban J connectivity index is 0.000000131. The Hall–Kier alpha value is -12.1. The maximum absolute atomic E-state index is 14.6. The SMILES string of the molecule is CCS(=O)(=O)c1c(-c2nc3cc(C(F)(F)F)cnc3n2C)nc2cc(C(F)C3CC3)ccn12.CCS(=O)(=O)c1c(-c2nc3cc(C(F)(F)F)ncc3n2C)nc2cc(S(=O)(=O)NC3CC3)ccn12.CCS(=O)(=O)c1c(-c2nc3cc(C(F)(F)F)ncc3n2C)nc2cc(SC(=O)C3CC3)ccn12.CCS(=O)(=O)c1c(-c2nc3cc(C(F)(F)F)ncc3n2C)nc2cc(SC(=O)OC)ccn12. The van der Waals surface area contributed by atoms with Crippen LogP contribution in [0.4, 0.5) is 61.9 Å². The maximum atomic E-state index is 14.6. The largest absolute Gasteiger partial charge is 0.461 e. The van der Waals surface area contributed by atoms with E-state index in [1.165, 1.54) is 153 Å². The second-order valence-corrected chi connectivity index (χ2v) is 43.8. The fourth-order valence-corrected chi connectivity index (χ4v) is 21.9. The number of fused-ring (bicyclic) bond motifs is 8. The number of thioether (sulfide) groups is 2. The number of alkyl halides is 13. The quantitative estimate of drug-likeness (QED) is 0.0420. The number of aromatic nitrogens is 20. The number of sulfonamides is 1. The molecule has 34 nitrogen and oxygen atoms in total. The lowest BCUT2D eigenvalue weighted by Gasteiger charge is -2.08. The van der Waals surface area contributed by atoms with Gasteiger partial charge in [-0.1, -0.05) is 39.5 Å². The predicted octanol–water partition coefficient (Wildman–Crippen LogP) is 15.1. The van der Waals surface area contributed by atoms with Crippen molar-refractivity contribution in [3.63, 3.8) is 0 Å². The average Bonchev–Trinajstić information content (AvgIpc) is 1.59. The molecule has 16 aromatic rings. The van der Waals surface area contributed by atoms with E-state index < -0.39 is 108 Å². The predicted molar refractivity (Wildman–Crippen MR) is 463 cm³/mol. The number of sulfone groups is 4. The zero-order valence-corrected chi connectivity index (χ0v) is 77.2. The van der Waals surface area contributed by atoms with Crippen molar-refractivity contribution >= 4 is 150 Å². The Labute approximate surface area is 764 Å². The Kier molecular flexibility index (Phi) is 24.8. The maximum Gasteiger partial charge on any atom is 0.433 e. The summed E-state index contributed by atoms with van der Waals surface area (Å²) in [6, 6.07) is 15.0. The van der Waals surface area contributed by atoms with Crippen LogP contribution >= 0.6 is 23.5 Å². The van der Waals surface area contributed by atoms with Crippen LogP contribution in [0.3, 0.4) is 0 Å². The Morgan fingerprint density at radius 2 is 0.793 bits per heavy atom. The monoisotopic (exact) mass is 2020 g/mol. The van der Waals surface area contributed by atoms with Crippen molar-refractivity contribution in [3.8, 4) is 46.1 Å². The molecule has 135 heavy (non-hydrogen) atoms. The van der Waals surface area contributed by atoms with Gasteiger partial charge in [-0.05, 0) is 128 Å². The zero-order chi connectivity index (χ0) is 97.6. The molecule has 0 saturated heterocycles. The molecular weight excluding hydrogens is 1950 g/mol. The van der Waals surface area contributed by atoms with E-state index in [-0.39, 0.29) is 178 Å². The van der Waals surface area contributed by atoms with Gasteiger partial charge in [0.1, 0.15) is 74.1 Å². The van der Waals surface area contributed by atoms with E-state index in [0.717, 1.165) is 105 Å². The van der Waals surface area contributed by atoms with Crippen molar-refractivity contribution in [2.45, 2.75) is 138 Å². The molecule has 0 aromatic carbocycles. The van der Waals surface area contributed by atoms with Crippen LogP contribution in [0.1, 0.15) is 101 Å². The van der Waals surface area contributed by atoms with Crippen LogP contribution in [-0.2, 0) is 112 Å². The molecule has 3 saturated carbocycles. The Morgan fingerprint density at radius 3 is 1.16 bits per heavy atom. The number of hydrogen-bond acceptors (Lipinski definition) is 27. The summed E-state index contributed by atoms with van der Waals surface area (Å²) in [5, 5.41) is -1.16. The lowest BCUT2D eigenvalue weighted by molar-refractivity contribution is -0.141. The molecule has 3 fully saturated rings. The third-order valence-electron chi connectivity index (χ3n) is 22.1. The summed E-state index contributed by atoms with van der Waals surface area (Å²) in [5.74, 6) is -0.767. The first-order valence-electron chi connectivity index (χ1n) is 40.5. The highest BCUT2D eigenvalue weighted by molar-refractivity contribution is 8.13. The van der Waals surface area contributed by atoms with E-state index >= 15 is 0 Å². The third-order valence-corrected chi connectivity index (χ3v) is 32.4. The highest BCUT2D eigenvalue weighted by Crippen LogP contribution is 2.46. The third kappa shape index (κ3) is 18.7. The molecule has 1 unspecified atom stereocenters. The van der Waals surface area contributed by atoms with E-state index in [0.29, 0.717) is 27.1 Å². The molecule has 0 aliphatic heterocycles. The summed E-state index contributed by atoms with van der Waals surface area (Å²) in [6.07, 6.45) is -5.38. The van der Waals surface area contributed by atoms with E-state index in [1.807, 2.05) is 0 Å². The van der Waals surface area contributed by atoms with Crippen LogP contribution < -0.4 is 4.72 Å². The number of pyridine rings is 8. The summed E-state index contributed by atoms with van der Waals surface area (Å²) < 4.78 is 319. The van der Waals surface area contributed by atoms with Gasteiger partial charge in [-0.2, -0.15) is 52.7 Å². The molecule has 3 aliphatic rings. The molecule has 3 aliphatic carbocycles. The topological polar surface area (TPSA) is 418 Å². The van der Waals surface area contributed by atoms with Gasteiger partial charge in [-0.15, -0.1) is 0 Å². The number of halogens is 13. The van der Waals surface area contributed by atoms with Gasteiger partial charge in [0.15, 0.2) is 93.5 Å². The van der Waals surface area contributed by atoms with Crippen LogP contribution in [0.25, 0.3) is 113 Å². The molecule has 54 heteroatoms. The normalized spacial score (nSPS) is 14.7. The fraction of sp³-hybridized carbons (Fsp3) is 0.333. The van der Waals surface area contributed by atoms with Gasteiger partial charge in [-0.25, -0.2) is 116 Å². The first-order chi connectivity index (χ1) is 63.3. The molecule has 712 valence electrons. The van der Waals surface area contributed by atoms with Crippen molar-refractivity contribution in [3.05, 3.63) is 151 Å². The molecule has 19 rings (SSSR count). The number of ether oxygens (including phenoxy) is 1. The summed E-state index contributed by atoms with van der Waals surface area (Å²) >= 11 is 1.88. The number of hydrogen-bond donors (Lipinski definition) is 1. The van der Waals surface area contributed by atoms with Gasteiger partial charge in [0.05, 0.1) is 92.3 Å². The van der Waals surface area contributed by atoms with Crippen LogP contribution in [0.2, 0.25) is 0 Å². The van der Waals surface area contributed by atoms with Crippen molar-refractivity contribution in [2.24, 2.45) is 40.0 Å². The zero-order valence-electron chi connectivity index (χ0n) is 71.5. The smallest absolute Gasteiger partial charge is 0.433 e. The van der Waals surface area contributed by atoms with E-state index in [4.69, 9.17) is 0 Å². The van der Waals surface area contributed by atoms with Crippen molar-refractivity contribution in [1.82, 2.24) is 100 Å². The number of imidazole rings is 8. The molecule has 1 atom stereocenters. The number of methoxy groups -OCH3 is 1. The second-order valence-electron chi connectivity index (χ2n) is 31.2. The number of rotatable bonds is 20. The first kappa shape index (κ1) is 96.0. The molecular formula is C81H72F13N21O13S7. The van der Waals surface area contributed by atoms with Crippen LogP contribution in [0.15, 0.2) is 157 Å². The molecule has 16 heterocycles. The minimum absolute atomic E-state index is 0.00244. The molecule has 0 bridgehead atoms. The summed E-state index contributed by atoms with van der Waals surface area (Å²) in [7, 11) is -11.9. The highest BCUT2D eigenvalue weighted by atomic mass is 32.2. The number of carbonyl (C=O) groups is 2. The minimum Gasteiger partial charge on any atom is -0.461 e. The van der Waals surface area contributed by atoms with Gasteiger partial charge in [0, 0.05) is 87.0 Å². The highest BCUT2D eigenvalue weighted by Gasteiger charge is 2.42. The molecule has 16 aromatic heterocycles. The van der Waals surface area contributed by atoms with Crippen LogP contribution in [0.5, 0.6) is 0 Å². The van der Waals surface area contributed by atoms with Crippen molar-refractivity contribution < 1.29 is 113 Å². The van der Waals surface area contributed by atoms with Gasteiger partial charge in [-0.3, -0.25) is 22.4 Å². The summed E-state index contributed by atoms with van der Waals surface area (Å²) in [6.45, 7) is 5.87. The molecule has 1 N–H and O–H groups in total. The summed E-state index contributed by atoms with van der Waals surface area (Å²) in [4.78, 5) is 73.7.